The van der Waals surface area contributed by atoms with Crippen molar-refractivity contribution >= 4 is 0 Å². The maximum atomic E-state index is 5.05. The van der Waals surface area contributed by atoms with Gasteiger partial charge in [0.15, 0.2) is 0 Å². The lowest BCUT2D eigenvalue weighted by atomic mass is 10.6. The van der Waals surface area contributed by atoms with Gasteiger partial charge in [-0.05, 0) is 0 Å². The van der Waals surface area contributed by atoms with E-state index in [1.165, 1.54) is 0 Å². The molecule has 2 saturated heterocycles. The van der Waals surface area contributed by atoms with Gasteiger partial charge in [-0.15, -0.1) is 0 Å². The van der Waals surface area contributed by atoms with Crippen molar-refractivity contribution < 1.29 is 18.9 Å². The van der Waals surface area contributed by atoms with Gasteiger partial charge in [0, 0.05) is 0 Å². The van der Waals surface area contributed by atoms with E-state index in [9.17, 15) is 0 Å². The zero-order valence-corrected chi connectivity index (χ0v) is 5.46. The Bertz CT molecular complexity index is 159. The zero-order chi connectivity index (χ0) is 7.03. The maximum Gasteiger partial charge on any atom is 0.461 e. The highest BCUT2D eigenvalue weighted by atomic mass is 17.0. The second-order valence-corrected chi connectivity index (χ2v) is 2.13. The normalized spacial score (nSPS) is 29.4. The largest absolute Gasteiger partial charge is 0.461 e. The summed E-state index contributed by atoms with van der Waals surface area (Å²) >= 11 is 0. The predicted octanol–water partition coefficient (Wildman–Crippen LogP) is 0.205. The number of ether oxygens (including phenoxy) is 4. The van der Waals surface area contributed by atoms with E-state index in [0.717, 1.165) is 0 Å². The molecular weight excluding hydrogens is 136 g/mol. The average molecular weight is 144 g/mol. The van der Waals surface area contributed by atoms with Crippen LogP contribution in [0.3, 0.4) is 0 Å². The molecule has 0 saturated carbocycles. The van der Waals surface area contributed by atoms with Crippen LogP contribution in [0, 0.1) is 0 Å². The molecule has 0 aromatic rings. The Hall–Kier alpha value is -0.580. The van der Waals surface area contributed by atoms with Gasteiger partial charge in [-0.1, -0.05) is 6.58 Å². The minimum atomic E-state index is -1.24. The Kier molecular flexibility index (Phi) is 1.20. The molecule has 4 nitrogen and oxygen atoms in total. The first kappa shape index (κ1) is 6.15. The van der Waals surface area contributed by atoms with Crippen molar-refractivity contribution in [3.63, 3.8) is 0 Å². The molecule has 0 unspecified atom stereocenters. The van der Waals surface area contributed by atoms with Crippen LogP contribution in [0.4, 0.5) is 0 Å². The summed E-state index contributed by atoms with van der Waals surface area (Å²) in [5.74, 6) is 0.543. The van der Waals surface area contributed by atoms with Crippen molar-refractivity contribution in [1.82, 2.24) is 0 Å². The molecule has 56 valence electrons. The highest BCUT2D eigenvalue weighted by Gasteiger charge is 2.46. The van der Waals surface area contributed by atoms with Crippen LogP contribution in [-0.4, -0.2) is 26.0 Å². The molecule has 4 heteroatoms. The maximum absolute atomic E-state index is 5.05. The minimum Gasteiger partial charge on any atom is -0.419 e. The highest BCUT2D eigenvalue weighted by Crippen LogP contribution is 2.30. The van der Waals surface area contributed by atoms with Crippen LogP contribution in [0.25, 0.3) is 0 Å². The molecule has 2 aliphatic rings. The monoisotopic (exact) mass is 144 g/mol. The van der Waals surface area contributed by atoms with E-state index in [2.05, 4.69) is 6.58 Å². The summed E-state index contributed by atoms with van der Waals surface area (Å²) in [6, 6.07) is 0. The molecule has 10 heavy (non-hydrogen) atoms. The predicted molar refractivity (Wildman–Crippen MR) is 30.8 cm³/mol. The summed E-state index contributed by atoms with van der Waals surface area (Å²) in [5, 5.41) is 0. The quantitative estimate of drug-likeness (QED) is 0.487. The molecule has 0 aromatic heterocycles. The van der Waals surface area contributed by atoms with Crippen LogP contribution in [0.15, 0.2) is 12.3 Å². The first-order valence-corrected chi connectivity index (χ1v) is 3.09. The van der Waals surface area contributed by atoms with Crippen molar-refractivity contribution in [2.24, 2.45) is 0 Å². The lowest BCUT2D eigenvalue weighted by molar-refractivity contribution is -0.416. The molecule has 2 fully saturated rings. The van der Waals surface area contributed by atoms with Gasteiger partial charge in [0.25, 0.3) is 0 Å². The fourth-order valence-corrected chi connectivity index (χ4v) is 0.922. The second kappa shape index (κ2) is 1.95. The van der Waals surface area contributed by atoms with Crippen LogP contribution < -0.4 is 0 Å². The van der Waals surface area contributed by atoms with Crippen molar-refractivity contribution in [3.05, 3.63) is 12.3 Å². The van der Waals surface area contributed by atoms with E-state index >= 15 is 0 Å². The Balaban J connectivity index is 2.09. The molecular formula is C6H8O4. The van der Waals surface area contributed by atoms with E-state index in [0.29, 0.717) is 25.6 Å². The molecule has 2 heterocycles. The first-order valence-electron chi connectivity index (χ1n) is 3.09. The Morgan fingerprint density at radius 2 is 1.90 bits per heavy atom. The summed E-state index contributed by atoms with van der Waals surface area (Å²) in [5.41, 5.74) is 0. The lowest BCUT2D eigenvalue weighted by Gasteiger charge is -2.16. The van der Waals surface area contributed by atoms with Crippen molar-refractivity contribution in [3.8, 4) is 0 Å². The van der Waals surface area contributed by atoms with Gasteiger partial charge in [0.1, 0.15) is 12.4 Å². The van der Waals surface area contributed by atoms with Gasteiger partial charge < -0.3 is 4.74 Å². The third-order valence-electron chi connectivity index (χ3n) is 1.32. The highest BCUT2D eigenvalue weighted by molar-refractivity contribution is 4.88. The van der Waals surface area contributed by atoms with Crippen molar-refractivity contribution in [2.45, 2.75) is 6.16 Å². The van der Waals surface area contributed by atoms with Crippen molar-refractivity contribution in [2.75, 3.05) is 19.8 Å². The van der Waals surface area contributed by atoms with Gasteiger partial charge in [-0.3, -0.25) is 14.2 Å². The second-order valence-electron chi connectivity index (χ2n) is 2.13. The molecule has 0 bridgehead atoms. The molecule has 1 spiro atoms. The first-order chi connectivity index (χ1) is 4.81. The SMILES string of the molecule is C=C1COC2(OCCO2)O1. The summed E-state index contributed by atoms with van der Waals surface area (Å²) in [6.07, 6.45) is -1.24. The van der Waals surface area contributed by atoms with E-state index in [1.807, 2.05) is 0 Å². The minimum absolute atomic E-state index is 0.347. The van der Waals surface area contributed by atoms with Gasteiger partial charge in [-0.25, -0.2) is 0 Å². The van der Waals surface area contributed by atoms with E-state index in [-0.39, 0.29) is 0 Å². The molecule has 0 aromatic carbocycles. The summed E-state index contributed by atoms with van der Waals surface area (Å²) in [7, 11) is 0. The molecule has 0 N–H and O–H groups in total. The number of rotatable bonds is 0. The third kappa shape index (κ3) is 0.811. The summed E-state index contributed by atoms with van der Waals surface area (Å²) < 4.78 is 20.2. The molecule has 2 aliphatic heterocycles. The van der Waals surface area contributed by atoms with Crippen LogP contribution >= 0.6 is 0 Å². The van der Waals surface area contributed by atoms with Crippen LogP contribution in [-0.2, 0) is 18.9 Å². The molecule has 0 atom stereocenters. The van der Waals surface area contributed by atoms with E-state index in [4.69, 9.17) is 18.9 Å². The zero-order valence-electron chi connectivity index (χ0n) is 5.46. The summed E-state index contributed by atoms with van der Waals surface area (Å²) in [6.45, 7) is 4.93. The molecule has 2 rings (SSSR count). The van der Waals surface area contributed by atoms with E-state index < -0.39 is 6.16 Å². The van der Waals surface area contributed by atoms with Gasteiger partial charge >= 0.3 is 6.16 Å². The Labute approximate surface area is 58.3 Å². The van der Waals surface area contributed by atoms with Crippen molar-refractivity contribution in [1.29, 1.82) is 0 Å². The van der Waals surface area contributed by atoms with Crippen LogP contribution in [0.1, 0.15) is 0 Å². The van der Waals surface area contributed by atoms with Gasteiger partial charge in [-0.2, -0.15) is 0 Å². The number of hydrogen-bond acceptors (Lipinski definition) is 4. The van der Waals surface area contributed by atoms with E-state index in [1.54, 1.807) is 0 Å². The van der Waals surface area contributed by atoms with Gasteiger partial charge in [0.2, 0.25) is 0 Å². The van der Waals surface area contributed by atoms with Crippen LogP contribution in [0.2, 0.25) is 0 Å². The Morgan fingerprint density at radius 3 is 2.40 bits per heavy atom. The fourth-order valence-electron chi connectivity index (χ4n) is 0.922. The molecule has 0 aliphatic carbocycles. The van der Waals surface area contributed by atoms with Crippen LogP contribution in [0.5, 0.6) is 0 Å². The standard InChI is InChI=1S/C6H8O4/c1-5-4-9-6(10-5)7-2-3-8-6/h1-4H2. The number of hydrogen-bond donors (Lipinski definition) is 0. The smallest absolute Gasteiger partial charge is 0.419 e. The summed E-state index contributed by atoms with van der Waals surface area (Å²) in [4.78, 5) is 0. The van der Waals surface area contributed by atoms with Gasteiger partial charge in [0.05, 0.1) is 13.2 Å². The Morgan fingerprint density at radius 1 is 1.20 bits per heavy atom. The molecule has 0 amide bonds. The average Bonchev–Trinajstić information content (AvgIpc) is 2.46. The lowest BCUT2D eigenvalue weighted by Crippen LogP contribution is -2.30. The topological polar surface area (TPSA) is 36.9 Å². The third-order valence-corrected chi connectivity index (χ3v) is 1.32. The molecule has 0 radical (unpaired) electrons. The fraction of sp³-hybridized carbons (Fsp3) is 0.667.